The summed E-state index contributed by atoms with van der Waals surface area (Å²) >= 11 is 0. The third kappa shape index (κ3) is 16.1. The van der Waals surface area contributed by atoms with Gasteiger partial charge in [-0.2, -0.15) is 0 Å². The summed E-state index contributed by atoms with van der Waals surface area (Å²) in [6.07, 6.45) is 24.0. The average Bonchev–Trinajstić information content (AvgIpc) is 2.45. The monoisotopic (exact) mass is 281 g/mol. The van der Waals surface area contributed by atoms with Crippen LogP contribution in [0.2, 0.25) is 0 Å². The molecule has 0 aliphatic rings. The van der Waals surface area contributed by atoms with Gasteiger partial charge in [-0.05, 0) is 18.8 Å². The van der Waals surface area contributed by atoms with Crippen molar-refractivity contribution in [2.75, 3.05) is 0 Å². The van der Waals surface area contributed by atoms with Crippen LogP contribution < -0.4 is 0 Å². The Kier molecular flexibility index (Phi) is 17.1. The molecule has 0 aromatic heterocycles. The van der Waals surface area contributed by atoms with Gasteiger partial charge in [-0.15, -0.1) is 0 Å². The van der Waals surface area contributed by atoms with Gasteiger partial charge in [0.25, 0.3) is 0 Å². The van der Waals surface area contributed by atoms with Crippen LogP contribution in [0.3, 0.4) is 0 Å². The van der Waals surface area contributed by atoms with Crippen LogP contribution in [0.15, 0.2) is 0 Å². The smallest absolute Gasteiger partial charge is 0.0358 e. The van der Waals surface area contributed by atoms with E-state index < -0.39 is 0 Å². The minimum Gasteiger partial charge on any atom is -0.0654 e. The molecule has 0 aromatic carbocycles. The van der Waals surface area contributed by atoms with Crippen molar-refractivity contribution < 1.29 is 0 Å². The van der Waals surface area contributed by atoms with Crippen LogP contribution in [0.4, 0.5) is 0 Å². The van der Waals surface area contributed by atoms with Gasteiger partial charge in [0.05, 0.1) is 0 Å². The molecule has 0 amide bonds. The Hall–Kier alpha value is 0. The van der Waals surface area contributed by atoms with Crippen molar-refractivity contribution >= 4 is 0 Å². The van der Waals surface area contributed by atoms with Crippen molar-refractivity contribution in [3.05, 3.63) is 6.42 Å². The molecular formula is C20H41. The minimum absolute atomic E-state index is 0.848. The summed E-state index contributed by atoms with van der Waals surface area (Å²) in [5.74, 6) is 0.848. The van der Waals surface area contributed by atoms with Crippen molar-refractivity contribution in [1.82, 2.24) is 0 Å². The van der Waals surface area contributed by atoms with E-state index in [2.05, 4.69) is 27.2 Å². The molecule has 0 rings (SSSR count). The topological polar surface area (TPSA) is 0 Å². The molecule has 0 saturated carbocycles. The fourth-order valence-electron chi connectivity index (χ4n) is 2.87. The summed E-state index contributed by atoms with van der Waals surface area (Å²) in [6, 6.07) is 0. The van der Waals surface area contributed by atoms with Crippen molar-refractivity contribution in [3.8, 4) is 0 Å². The van der Waals surface area contributed by atoms with Crippen LogP contribution in [0.25, 0.3) is 0 Å². The summed E-state index contributed by atoms with van der Waals surface area (Å²) in [6.45, 7) is 6.99. The lowest BCUT2D eigenvalue weighted by atomic mass is 9.96. The summed E-state index contributed by atoms with van der Waals surface area (Å²) in [5.41, 5.74) is 0. The largest absolute Gasteiger partial charge is 0.0654 e. The van der Waals surface area contributed by atoms with Gasteiger partial charge >= 0.3 is 0 Å². The molecule has 1 radical (unpaired) electrons. The molecule has 0 nitrogen and oxygen atoms in total. The second-order valence-corrected chi connectivity index (χ2v) is 6.68. The van der Waals surface area contributed by atoms with Gasteiger partial charge in [0.15, 0.2) is 0 Å². The van der Waals surface area contributed by atoms with Crippen LogP contribution in [-0.2, 0) is 0 Å². The Bertz CT molecular complexity index is 161. The van der Waals surface area contributed by atoms with E-state index in [0.29, 0.717) is 0 Å². The number of hydrogen-bond donors (Lipinski definition) is 0. The van der Waals surface area contributed by atoms with E-state index in [4.69, 9.17) is 0 Å². The first-order valence-electron chi connectivity index (χ1n) is 9.64. The zero-order chi connectivity index (χ0) is 14.9. The SMILES string of the molecule is CCCCCCCCC[CH]C(C)CCCCCCCC. The van der Waals surface area contributed by atoms with Gasteiger partial charge in [-0.3, -0.25) is 0 Å². The first kappa shape index (κ1) is 20.0. The molecule has 0 N–H and O–H groups in total. The molecular weight excluding hydrogens is 240 g/mol. The molecule has 0 heteroatoms. The summed E-state index contributed by atoms with van der Waals surface area (Å²) < 4.78 is 0. The third-order valence-corrected chi connectivity index (χ3v) is 4.39. The minimum atomic E-state index is 0.848. The zero-order valence-corrected chi connectivity index (χ0v) is 14.8. The number of rotatable bonds is 16. The van der Waals surface area contributed by atoms with Crippen LogP contribution in [0.1, 0.15) is 117 Å². The Morgan fingerprint density at radius 2 is 1.05 bits per heavy atom. The average molecular weight is 282 g/mol. The molecule has 0 aromatic rings. The lowest BCUT2D eigenvalue weighted by molar-refractivity contribution is 0.504. The van der Waals surface area contributed by atoms with E-state index in [1.807, 2.05) is 0 Å². The van der Waals surface area contributed by atoms with Crippen molar-refractivity contribution in [1.29, 1.82) is 0 Å². The van der Waals surface area contributed by atoms with Crippen LogP contribution in [0, 0.1) is 12.3 Å². The van der Waals surface area contributed by atoms with Crippen molar-refractivity contribution in [3.63, 3.8) is 0 Å². The van der Waals surface area contributed by atoms with Gasteiger partial charge in [0, 0.05) is 0 Å². The van der Waals surface area contributed by atoms with E-state index in [9.17, 15) is 0 Å². The molecule has 0 saturated heterocycles. The molecule has 1 unspecified atom stereocenters. The molecule has 0 heterocycles. The van der Waals surface area contributed by atoms with Crippen molar-refractivity contribution in [2.45, 2.75) is 117 Å². The highest BCUT2D eigenvalue weighted by Crippen LogP contribution is 2.17. The van der Waals surface area contributed by atoms with E-state index in [1.54, 1.807) is 0 Å². The molecule has 0 aliphatic carbocycles. The van der Waals surface area contributed by atoms with Crippen molar-refractivity contribution in [2.24, 2.45) is 5.92 Å². The molecule has 1 atom stereocenters. The highest BCUT2D eigenvalue weighted by molar-refractivity contribution is 4.72. The van der Waals surface area contributed by atoms with E-state index >= 15 is 0 Å². The van der Waals surface area contributed by atoms with Crippen LogP contribution in [-0.4, -0.2) is 0 Å². The number of hydrogen-bond acceptors (Lipinski definition) is 0. The predicted octanol–water partition coefficient (Wildman–Crippen LogP) is 7.72. The Balaban J connectivity index is 3.10. The van der Waals surface area contributed by atoms with Crippen LogP contribution >= 0.6 is 0 Å². The van der Waals surface area contributed by atoms with Crippen LogP contribution in [0.5, 0.6) is 0 Å². The first-order valence-corrected chi connectivity index (χ1v) is 9.64. The maximum atomic E-state index is 2.58. The van der Waals surface area contributed by atoms with E-state index in [0.717, 1.165) is 5.92 Å². The quantitative estimate of drug-likeness (QED) is 0.254. The lowest BCUT2D eigenvalue weighted by Crippen LogP contribution is -1.96. The molecule has 0 fully saturated rings. The zero-order valence-electron chi connectivity index (χ0n) is 14.8. The van der Waals surface area contributed by atoms with Gasteiger partial charge in [0.1, 0.15) is 0 Å². The Morgan fingerprint density at radius 1 is 0.600 bits per heavy atom. The molecule has 0 spiro atoms. The Morgan fingerprint density at radius 3 is 1.60 bits per heavy atom. The molecule has 20 heavy (non-hydrogen) atoms. The fourth-order valence-corrected chi connectivity index (χ4v) is 2.87. The maximum Gasteiger partial charge on any atom is -0.0358 e. The van der Waals surface area contributed by atoms with Gasteiger partial charge in [-0.1, -0.05) is 111 Å². The third-order valence-electron chi connectivity index (χ3n) is 4.39. The second kappa shape index (κ2) is 17.1. The molecule has 0 bridgehead atoms. The Labute approximate surface area is 130 Å². The highest BCUT2D eigenvalue weighted by atomic mass is 14.1. The standard InChI is InChI=1S/C20H41/c1-4-6-8-10-12-13-15-17-19-20(3)18-16-14-11-9-7-5-2/h19-20H,4-18H2,1-3H3. The number of unbranched alkanes of at least 4 members (excludes halogenated alkanes) is 12. The summed E-state index contributed by atoms with van der Waals surface area (Å²) in [7, 11) is 0. The first-order chi connectivity index (χ1) is 9.81. The van der Waals surface area contributed by atoms with E-state index in [1.165, 1.54) is 96.3 Å². The predicted molar refractivity (Wildman–Crippen MR) is 94.1 cm³/mol. The maximum absolute atomic E-state index is 2.58. The fraction of sp³-hybridized carbons (Fsp3) is 0.950. The summed E-state index contributed by atoms with van der Waals surface area (Å²) in [5, 5.41) is 0. The highest BCUT2D eigenvalue weighted by Gasteiger charge is 2.02. The second-order valence-electron chi connectivity index (χ2n) is 6.68. The normalized spacial score (nSPS) is 12.8. The van der Waals surface area contributed by atoms with Gasteiger partial charge in [0.2, 0.25) is 0 Å². The van der Waals surface area contributed by atoms with E-state index in [-0.39, 0.29) is 0 Å². The summed E-state index contributed by atoms with van der Waals surface area (Å²) in [4.78, 5) is 0. The van der Waals surface area contributed by atoms with Gasteiger partial charge in [-0.25, -0.2) is 0 Å². The molecule has 0 aliphatic heterocycles. The lowest BCUT2D eigenvalue weighted by Gasteiger charge is -2.10. The molecule has 121 valence electrons. The van der Waals surface area contributed by atoms with Gasteiger partial charge < -0.3 is 0 Å².